The van der Waals surface area contributed by atoms with Gasteiger partial charge in [-0.1, -0.05) is 0 Å². The van der Waals surface area contributed by atoms with Crippen molar-refractivity contribution in [2.45, 2.75) is 6.42 Å². The lowest BCUT2D eigenvalue weighted by atomic mass is 10.4. The van der Waals surface area contributed by atoms with Crippen LogP contribution in [0.4, 0.5) is 5.82 Å². The standard InChI is InChI=1S/C9H10N4O2/c1-15-8(14)2-3-12-9-7(6-10)11-4-5-13-9/h4-5H,2-3H2,1H3,(H,12,13). The van der Waals surface area contributed by atoms with Crippen molar-refractivity contribution >= 4 is 11.8 Å². The van der Waals surface area contributed by atoms with Gasteiger partial charge in [-0.2, -0.15) is 5.26 Å². The molecule has 0 aliphatic carbocycles. The van der Waals surface area contributed by atoms with E-state index in [1.54, 1.807) is 0 Å². The van der Waals surface area contributed by atoms with Gasteiger partial charge in [0.2, 0.25) is 0 Å². The van der Waals surface area contributed by atoms with E-state index in [-0.39, 0.29) is 18.1 Å². The van der Waals surface area contributed by atoms with Crippen molar-refractivity contribution in [1.82, 2.24) is 9.97 Å². The fourth-order valence-corrected chi connectivity index (χ4v) is 0.934. The molecule has 0 bridgehead atoms. The lowest BCUT2D eigenvalue weighted by molar-refractivity contribution is -0.140. The average Bonchev–Trinajstić information content (AvgIpc) is 2.29. The highest BCUT2D eigenvalue weighted by Crippen LogP contribution is 2.05. The molecule has 0 saturated heterocycles. The highest BCUT2D eigenvalue weighted by atomic mass is 16.5. The zero-order valence-corrected chi connectivity index (χ0v) is 8.23. The number of nitriles is 1. The normalized spacial score (nSPS) is 9.07. The third kappa shape index (κ3) is 3.23. The number of carbonyl (C=O) groups excluding carboxylic acids is 1. The molecule has 6 heteroatoms. The summed E-state index contributed by atoms with van der Waals surface area (Å²) in [6.45, 7) is 0.361. The Labute approximate surface area is 86.9 Å². The van der Waals surface area contributed by atoms with E-state index < -0.39 is 0 Å². The molecule has 0 atom stereocenters. The molecule has 0 fully saturated rings. The molecule has 1 aromatic rings. The maximum Gasteiger partial charge on any atom is 0.307 e. The molecule has 0 amide bonds. The Kier molecular flexibility index (Phi) is 4.04. The molecule has 6 nitrogen and oxygen atoms in total. The Morgan fingerprint density at radius 1 is 1.60 bits per heavy atom. The summed E-state index contributed by atoms with van der Waals surface area (Å²) in [5, 5.41) is 11.5. The number of aromatic nitrogens is 2. The van der Waals surface area contributed by atoms with E-state index in [1.807, 2.05) is 6.07 Å². The molecule has 1 N–H and O–H groups in total. The fraction of sp³-hybridized carbons (Fsp3) is 0.333. The molecule has 0 saturated carbocycles. The molecule has 0 aliphatic heterocycles. The Balaban J connectivity index is 2.51. The minimum Gasteiger partial charge on any atom is -0.469 e. The molecule has 1 rings (SSSR count). The zero-order chi connectivity index (χ0) is 11.1. The Hall–Kier alpha value is -2.16. The molecule has 0 aromatic carbocycles. The van der Waals surface area contributed by atoms with E-state index in [2.05, 4.69) is 20.0 Å². The first-order valence-electron chi connectivity index (χ1n) is 4.29. The monoisotopic (exact) mass is 206 g/mol. The third-order valence-corrected chi connectivity index (χ3v) is 1.65. The molecule has 1 heterocycles. The van der Waals surface area contributed by atoms with Crippen LogP contribution in [0.25, 0.3) is 0 Å². The summed E-state index contributed by atoms with van der Waals surface area (Å²) in [4.78, 5) is 18.5. The van der Waals surface area contributed by atoms with E-state index in [4.69, 9.17) is 5.26 Å². The van der Waals surface area contributed by atoms with Crippen LogP contribution in [0, 0.1) is 11.3 Å². The van der Waals surface area contributed by atoms with Gasteiger partial charge in [-0.3, -0.25) is 4.79 Å². The molecular weight excluding hydrogens is 196 g/mol. The van der Waals surface area contributed by atoms with Gasteiger partial charge in [0.15, 0.2) is 11.5 Å². The highest BCUT2D eigenvalue weighted by molar-refractivity contribution is 5.69. The number of ether oxygens (including phenoxy) is 1. The van der Waals surface area contributed by atoms with Gasteiger partial charge in [0.25, 0.3) is 0 Å². The Morgan fingerprint density at radius 2 is 2.33 bits per heavy atom. The van der Waals surface area contributed by atoms with Crippen LogP contribution in [-0.4, -0.2) is 29.6 Å². The minimum absolute atomic E-state index is 0.211. The van der Waals surface area contributed by atoms with Gasteiger partial charge in [0.05, 0.1) is 13.5 Å². The first-order chi connectivity index (χ1) is 7.27. The van der Waals surface area contributed by atoms with Crippen molar-refractivity contribution in [3.8, 4) is 6.07 Å². The first kappa shape index (κ1) is 10.9. The summed E-state index contributed by atoms with van der Waals surface area (Å²) in [6, 6.07) is 1.90. The van der Waals surface area contributed by atoms with Crippen LogP contribution < -0.4 is 5.32 Å². The molecule has 0 unspecified atom stereocenters. The zero-order valence-electron chi connectivity index (χ0n) is 8.23. The van der Waals surface area contributed by atoms with E-state index >= 15 is 0 Å². The molecule has 15 heavy (non-hydrogen) atoms. The lowest BCUT2D eigenvalue weighted by Gasteiger charge is -2.04. The second-order valence-corrected chi connectivity index (χ2v) is 2.62. The number of esters is 1. The Bertz CT molecular complexity index is 386. The number of rotatable bonds is 4. The molecule has 0 spiro atoms. The van der Waals surface area contributed by atoms with E-state index in [0.29, 0.717) is 12.4 Å². The van der Waals surface area contributed by atoms with Crippen LogP contribution in [0.1, 0.15) is 12.1 Å². The SMILES string of the molecule is COC(=O)CCNc1nccnc1C#N. The van der Waals surface area contributed by atoms with E-state index in [9.17, 15) is 4.79 Å². The summed E-state index contributed by atoms with van der Waals surface area (Å²) in [5.74, 6) is 0.0637. The quantitative estimate of drug-likeness (QED) is 0.714. The lowest BCUT2D eigenvalue weighted by Crippen LogP contribution is -2.11. The maximum atomic E-state index is 10.8. The number of methoxy groups -OCH3 is 1. The topological polar surface area (TPSA) is 87.9 Å². The minimum atomic E-state index is -0.315. The van der Waals surface area contributed by atoms with Gasteiger partial charge in [0.1, 0.15) is 6.07 Å². The van der Waals surface area contributed by atoms with Crippen molar-refractivity contribution in [2.24, 2.45) is 0 Å². The molecular formula is C9H10N4O2. The van der Waals surface area contributed by atoms with Gasteiger partial charge in [-0.05, 0) is 0 Å². The first-order valence-corrected chi connectivity index (χ1v) is 4.29. The summed E-state index contributed by atoms with van der Waals surface area (Å²) < 4.78 is 4.46. The van der Waals surface area contributed by atoms with Crippen molar-refractivity contribution in [2.75, 3.05) is 19.0 Å². The largest absolute Gasteiger partial charge is 0.469 e. The number of hydrogen-bond donors (Lipinski definition) is 1. The molecule has 0 radical (unpaired) electrons. The van der Waals surface area contributed by atoms with Crippen LogP contribution in [0.5, 0.6) is 0 Å². The van der Waals surface area contributed by atoms with Gasteiger partial charge in [0, 0.05) is 18.9 Å². The van der Waals surface area contributed by atoms with Crippen LogP contribution >= 0.6 is 0 Å². The van der Waals surface area contributed by atoms with Gasteiger partial charge in [-0.25, -0.2) is 9.97 Å². The van der Waals surface area contributed by atoms with Crippen LogP contribution in [0.3, 0.4) is 0 Å². The summed E-state index contributed by atoms with van der Waals surface area (Å²) in [6.07, 6.45) is 3.13. The third-order valence-electron chi connectivity index (χ3n) is 1.65. The number of anilines is 1. The highest BCUT2D eigenvalue weighted by Gasteiger charge is 2.04. The fourth-order valence-electron chi connectivity index (χ4n) is 0.934. The van der Waals surface area contributed by atoms with Crippen LogP contribution in [-0.2, 0) is 9.53 Å². The summed E-state index contributed by atoms with van der Waals surface area (Å²) in [5.41, 5.74) is 0.211. The van der Waals surface area contributed by atoms with E-state index in [1.165, 1.54) is 19.5 Å². The van der Waals surface area contributed by atoms with Crippen LogP contribution in [0.2, 0.25) is 0 Å². The van der Waals surface area contributed by atoms with Gasteiger partial charge < -0.3 is 10.1 Å². The second kappa shape index (κ2) is 5.54. The smallest absolute Gasteiger partial charge is 0.307 e. The predicted molar refractivity (Wildman–Crippen MR) is 51.9 cm³/mol. The molecule has 78 valence electrons. The summed E-state index contributed by atoms with van der Waals surface area (Å²) >= 11 is 0. The second-order valence-electron chi connectivity index (χ2n) is 2.62. The van der Waals surface area contributed by atoms with E-state index in [0.717, 1.165) is 0 Å². The number of hydrogen-bond acceptors (Lipinski definition) is 6. The van der Waals surface area contributed by atoms with Gasteiger partial charge >= 0.3 is 5.97 Å². The van der Waals surface area contributed by atoms with Crippen molar-refractivity contribution in [3.05, 3.63) is 18.1 Å². The maximum absolute atomic E-state index is 10.8. The van der Waals surface area contributed by atoms with Crippen molar-refractivity contribution < 1.29 is 9.53 Å². The predicted octanol–water partition coefficient (Wildman–Crippen LogP) is 0.323. The molecule has 1 aromatic heterocycles. The number of nitrogens with one attached hydrogen (secondary N) is 1. The van der Waals surface area contributed by atoms with Crippen molar-refractivity contribution in [1.29, 1.82) is 5.26 Å². The average molecular weight is 206 g/mol. The van der Waals surface area contributed by atoms with Crippen molar-refractivity contribution in [3.63, 3.8) is 0 Å². The van der Waals surface area contributed by atoms with Crippen LogP contribution in [0.15, 0.2) is 12.4 Å². The summed E-state index contributed by atoms with van der Waals surface area (Å²) in [7, 11) is 1.32. The number of carbonyl (C=O) groups is 1. The molecule has 0 aliphatic rings. The van der Waals surface area contributed by atoms with Gasteiger partial charge in [-0.15, -0.1) is 0 Å². The Morgan fingerprint density at radius 3 is 3.00 bits per heavy atom. The number of nitrogens with zero attached hydrogens (tertiary/aromatic N) is 3.